The van der Waals surface area contributed by atoms with E-state index in [9.17, 15) is 4.39 Å². The largest absolute Gasteiger partial charge is 0.358 e. The van der Waals surface area contributed by atoms with Crippen molar-refractivity contribution in [2.75, 3.05) is 0 Å². The number of allylic oxidation sites excluding steroid dienone is 2. The molecule has 8 aliphatic carbocycles. The van der Waals surface area contributed by atoms with E-state index in [0.29, 0.717) is 17.0 Å². The maximum absolute atomic E-state index is 15.4. The number of benzene rings is 1. The fourth-order valence-electron chi connectivity index (χ4n) is 11.7. The quantitative estimate of drug-likeness (QED) is 0.400. The highest BCUT2D eigenvalue weighted by Gasteiger charge is 2.54. The number of hydrogen-bond donors (Lipinski definition) is 1. The third-order valence-corrected chi connectivity index (χ3v) is 12.3. The number of aromatic nitrogens is 1. The molecule has 2 aromatic rings. The molecule has 11 rings (SSSR count). The molecule has 8 bridgehead atoms. The highest BCUT2D eigenvalue weighted by Crippen LogP contribution is 2.62. The Morgan fingerprint density at radius 2 is 1.18 bits per heavy atom. The first-order valence-electron chi connectivity index (χ1n) is 15.7. The summed E-state index contributed by atoms with van der Waals surface area (Å²) in [7, 11) is 0. The topological polar surface area (TPSA) is 28.1 Å². The molecular weight excluding hydrogens is 505 g/mol. The van der Waals surface area contributed by atoms with Gasteiger partial charge in [-0.25, -0.2) is 13.2 Å². The standard InChI is InChI=1S/C35H37F3N2/c36-25-11-26(37)32(27(38)12-25)33(28-1-3-30(39-28)34-13-19-5-20(14-34)7-21(6-19)15-34)29-2-4-31(40-29)35-16-22-8-23(17-35)10-24(9-22)18-35/h1-4,11-12,19-24,39H,5-10,13-18H2. The normalized spacial score (nSPS) is 41.7. The second-order valence-corrected chi connectivity index (χ2v) is 15.0. The molecule has 0 saturated heterocycles. The van der Waals surface area contributed by atoms with Crippen LogP contribution in [0.5, 0.6) is 0 Å². The molecule has 2 nitrogen and oxygen atoms in total. The van der Waals surface area contributed by atoms with Crippen molar-refractivity contribution in [3.8, 4) is 0 Å². The van der Waals surface area contributed by atoms with Crippen molar-refractivity contribution in [1.82, 2.24) is 4.98 Å². The van der Waals surface area contributed by atoms with Crippen LogP contribution in [0.1, 0.15) is 94.0 Å². The Morgan fingerprint density at radius 3 is 1.70 bits per heavy atom. The molecule has 0 atom stereocenters. The van der Waals surface area contributed by atoms with Crippen LogP contribution in [0.4, 0.5) is 13.2 Å². The van der Waals surface area contributed by atoms with Gasteiger partial charge in [-0.3, -0.25) is 4.99 Å². The molecule has 0 radical (unpaired) electrons. The number of halogens is 3. The number of rotatable bonds is 4. The van der Waals surface area contributed by atoms with Gasteiger partial charge in [0, 0.05) is 45.6 Å². The Balaban J connectivity index is 1.16. The van der Waals surface area contributed by atoms with Crippen LogP contribution < -0.4 is 0 Å². The maximum Gasteiger partial charge on any atom is 0.137 e. The van der Waals surface area contributed by atoms with Gasteiger partial charge in [-0.1, -0.05) is 0 Å². The number of aliphatic imine (C=N–C) groups is 1. The van der Waals surface area contributed by atoms with Crippen molar-refractivity contribution >= 4 is 11.3 Å². The third-order valence-electron chi connectivity index (χ3n) is 12.3. The molecular formula is C35H37F3N2. The van der Waals surface area contributed by atoms with Crippen molar-refractivity contribution < 1.29 is 13.2 Å². The van der Waals surface area contributed by atoms with E-state index < -0.39 is 17.5 Å². The molecule has 8 saturated carbocycles. The van der Waals surface area contributed by atoms with Gasteiger partial charge in [0.15, 0.2) is 0 Å². The molecule has 5 heteroatoms. The smallest absolute Gasteiger partial charge is 0.137 e. The summed E-state index contributed by atoms with van der Waals surface area (Å²) < 4.78 is 44.9. The van der Waals surface area contributed by atoms with Crippen molar-refractivity contribution in [1.29, 1.82) is 0 Å². The van der Waals surface area contributed by atoms with Crippen LogP contribution in [-0.2, 0) is 5.41 Å². The minimum atomic E-state index is -0.899. The molecule has 9 aliphatic rings. The number of nitrogens with one attached hydrogen (secondary N) is 1. The van der Waals surface area contributed by atoms with Crippen LogP contribution in [0.2, 0.25) is 0 Å². The molecule has 1 N–H and O–H groups in total. The van der Waals surface area contributed by atoms with Gasteiger partial charge in [0.2, 0.25) is 0 Å². The number of nitrogens with zero attached hydrogens (tertiary/aromatic N) is 1. The lowest BCUT2D eigenvalue weighted by atomic mass is 9.48. The average Bonchev–Trinajstić information content (AvgIpc) is 3.56. The predicted molar refractivity (Wildman–Crippen MR) is 150 cm³/mol. The van der Waals surface area contributed by atoms with Gasteiger partial charge in [-0.2, -0.15) is 0 Å². The fourth-order valence-corrected chi connectivity index (χ4v) is 11.7. The third kappa shape index (κ3) is 3.51. The molecule has 1 aromatic heterocycles. The second-order valence-electron chi connectivity index (χ2n) is 15.0. The average molecular weight is 543 g/mol. The van der Waals surface area contributed by atoms with Crippen LogP contribution in [0.15, 0.2) is 47.1 Å². The second kappa shape index (κ2) is 8.26. The summed E-state index contributed by atoms with van der Waals surface area (Å²) in [5.74, 6) is 2.10. The molecule has 2 heterocycles. The van der Waals surface area contributed by atoms with Crippen molar-refractivity contribution in [3.05, 3.63) is 76.5 Å². The SMILES string of the molecule is Fc1cc(F)c(C(=C2C=CC(C34CC5CC(CC(C5)C3)C4)=N2)c2ccc(C34CC5CC(CC(C5)C3)C4)[nH]2)c(F)c1. The van der Waals surface area contributed by atoms with E-state index >= 15 is 8.78 Å². The van der Waals surface area contributed by atoms with E-state index in [4.69, 9.17) is 4.99 Å². The zero-order valence-electron chi connectivity index (χ0n) is 23.0. The van der Waals surface area contributed by atoms with Crippen molar-refractivity contribution in [3.63, 3.8) is 0 Å². The van der Waals surface area contributed by atoms with Crippen LogP contribution in [0.3, 0.4) is 0 Å². The Bertz CT molecular complexity index is 1410. The molecule has 1 aromatic carbocycles. The molecule has 208 valence electrons. The highest BCUT2D eigenvalue weighted by atomic mass is 19.1. The summed E-state index contributed by atoms with van der Waals surface area (Å²) in [6.45, 7) is 0. The van der Waals surface area contributed by atoms with Crippen LogP contribution in [0, 0.1) is 58.4 Å². The lowest BCUT2D eigenvalue weighted by Crippen LogP contribution is -2.49. The summed E-state index contributed by atoms with van der Waals surface area (Å²) >= 11 is 0. The molecule has 0 spiro atoms. The Hall–Kier alpha value is -2.56. The van der Waals surface area contributed by atoms with Crippen molar-refractivity contribution in [2.24, 2.45) is 45.9 Å². The molecule has 1 aliphatic heterocycles. The maximum atomic E-state index is 15.4. The fraction of sp³-hybridized carbons (Fsp3) is 0.571. The van der Waals surface area contributed by atoms with Gasteiger partial charge in [0.1, 0.15) is 17.5 Å². The van der Waals surface area contributed by atoms with Gasteiger partial charge in [-0.15, -0.1) is 0 Å². The van der Waals surface area contributed by atoms with E-state index in [1.165, 1.54) is 82.7 Å². The number of aromatic amines is 1. The van der Waals surface area contributed by atoms with E-state index in [0.717, 1.165) is 53.4 Å². The lowest BCUT2D eigenvalue weighted by molar-refractivity contribution is -0.0117. The molecule has 8 fully saturated rings. The highest BCUT2D eigenvalue weighted by molar-refractivity contribution is 6.05. The van der Waals surface area contributed by atoms with Gasteiger partial charge in [0.25, 0.3) is 0 Å². The van der Waals surface area contributed by atoms with Gasteiger partial charge in [0.05, 0.1) is 11.3 Å². The Labute approximate surface area is 234 Å². The van der Waals surface area contributed by atoms with Crippen molar-refractivity contribution in [2.45, 2.75) is 82.5 Å². The predicted octanol–water partition coefficient (Wildman–Crippen LogP) is 8.89. The van der Waals surface area contributed by atoms with Crippen LogP contribution >= 0.6 is 0 Å². The first-order chi connectivity index (χ1) is 19.3. The minimum Gasteiger partial charge on any atom is -0.358 e. The lowest BCUT2D eigenvalue weighted by Gasteiger charge is -2.56. The van der Waals surface area contributed by atoms with E-state index in [1.54, 1.807) is 0 Å². The van der Waals surface area contributed by atoms with Gasteiger partial charge < -0.3 is 4.98 Å². The molecule has 40 heavy (non-hydrogen) atoms. The Morgan fingerprint density at radius 1 is 0.675 bits per heavy atom. The summed E-state index contributed by atoms with van der Waals surface area (Å²) in [5.41, 5.74) is 4.04. The molecule has 0 unspecified atom stereocenters. The van der Waals surface area contributed by atoms with E-state index in [-0.39, 0.29) is 16.4 Å². The number of hydrogen-bond acceptors (Lipinski definition) is 1. The van der Waals surface area contributed by atoms with Crippen LogP contribution in [0.25, 0.3) is 5.57 Å². The summed E-state index contributed by atoms with van der Waals surface area (Å²) in [5, 5.41) is 0. The summed E-state index contributed by atoms with van der Waals surface area (Å²) in [6, 6.07) is 5.74. The van der Waals surface area contributed by atoms with Gasteiger partial charge in [-0.05, 0) is 137 Å². The molecule has 0 amide bonds. The zero-order chi connectivity index (χ0) is 26.8. The zero-order valence-corrected chi connectivity index (χ0v) is 23.0. The van der Waals surface area contributed by atoms with E-state index in [2.05, 4.69) is 17.1 Å². The monoisotopic (exact) mass is 542 g/mol. The summed E-state index contributed by atoms with van der Waals surface area (Å²) in [4.78, 5) is 8.85. The number of H-pyrrole nitrogens is 1. The van der Waals surface area contributed by atoms with Crippen LogP contribution in [-0.4, -0.2) is 10.7 Å². The summed E-state index contributed by atoms with van der Waals surface area (Å²) in [6.07, 6.45) is 19.4. The van der Waals surface area contributed by atoms with Gasteiger partial charge >= 0.3 is 0 Å². The first-order valence-corrected chi connectivity index (χ1v) is 15.7. The first kappa shape index (κ1) is 24.1. The minimum absolute atomic E-state index is 0.0953. The Kier molecular flexibility index (Phi) is 4.97. The van der Waals surface area contributed by atoms with E-state index in [1.807, 2.05) is 12.1 Å².